The molecular weight excluding hydrogens is 466 g/mol. The number of para-hydroxylation sites is 1. The summed E-state index contributed by atoms with van der Waals surface area (Å²) in [5.41, 5.74) is 4.77. The number of benzene rings is 1. The van der Waals surface area contributed by atoms with E-state index in [-0.39, 0.29) is 5.91 Å². The second kappa shape index (κ2) is 4.93. The fourth-order valence-electron chi connectivity index (χ4n) is 2.09. The van der Waals surface area contributed by atoms with Crippen LogP contribution in [0.2, 0.25) is 0 Å². The Morgan fingerprint density at radius 2 is 1.95 bits per heavy atom. The molecule has 0 radical (unpaired) electrons. The lowest BCUT2D eigenvalue weighted by Crippen LogP contribution is -2.03. The molecule has 3 rings (SSSR count). The smallest absolute Gasteiger partial charge is 0.256 e. The van der Waals surface area contributed by atoms with Crippen molar-refractivity contribution < 1.29 is 4.79 Å². The number of hydrogen-bond donors (Lipinski definition) is 2. The zero-order valence-corrected chi connectivity index (χ0v) is 14.4. The Kier molecular flexibility index (Phi) is 3.42. The summed E-state index contributed by atoms with van der Waals surface area (Å²) in [5.74, 6) is -0.0424. The van der Waals surface area contributed by atoms with Crippen molar-refractivity contribution in [1.82, 2.24) is 4.98 Å². The zero-order chi connectivity index (χ0) is 13.6. The summed E-state index contributed by atoms with van der Waals surface area (Å²) in [6.07, 6.45) is 1.93. The van der Waals surface area contributed by atoms with Crippen molar-refractivity contribution >= 4 is 68.4 Å². The maximum absolute atomic E-state index is 12.0. The maximum Gasteiger partial charge on any atom is 0.256 e. The summed E-state index contributed by atoms with van der Waals surface area (Å²) in [7, 11) is 0. The van der Waals surface area contributed by atoms with Crippen LogP contribution in [0.25, 0.3) is 11.6 Å². The Balaban J connectivity index is 2.14. The van der Waals surface area contributed by atoms with Gasteiger partial charge in [-0.05, 0) is 69.8 Å². The molecule has 0 bridgehead atoms. The predicted molar refractivity (Wildman–Crippen MR) is 93.9 cm³/mol. The van der Waals surface area contributed by atoms with Gasteiger partial charge in [0.1, 0.15) is 0 Å². The molecule has 2 N–H and O–H groups in total. The Hall–Kier alpha value is -0.830. The van der Waals surface area contributed by atoms with Gasteiger partial charge in [0, 0.05) is 14.8 Å². The minimum Gasteiger partial charge on any atom is -0.349 e. The quantitative estimate of drug-likeness (QED) is 0.475. The average molecular weight is 476 g/mol. The van der Waals surface area contributed by atoms with Crippen LogP contribution in [0.15, 0.2) is 24.3 Å². The van der Waals surface area contributed by atoms with Crippen molar-refractivity contribution in [3.8, 4) is 0 Å². The summed E-state index contributed by atoms with van der Waals surface area (Å²) in [4.78, 5) is 15.4. The normalized spacial score (nSPS) is 15.7. The Morgan fingerprint density at radius 1 is 1.21 bits per heavy atom. The Bertz CT molecular complexity index is 716. The minimum atomic E-state index is -0.0424. The molecule has 0 fully saturated rings. The molecule has 3 nitrogen and oxygen atoms in total. The number of anilines is 1. The molecule has 1 aromatic heterocycles. The molecule has 0 saturated heterocycles. The SMILES string of the molecule is Cc1c(I)[nH]c(/C=C2\C(=O)Nc3ccccc32)c1I. The van der Waals surface area contributed by atoms with Crippen LogP contribution in [0.1, 0.15) is 16.8 Å². The van der Waals surface area contributed by atoms with Gasteiger partial charge in [0.15, 0.2) is 0 Å². The van der Waals surface area contributed by atoms with Crippen LogP contribution < -0.4 is 5.32 Å². The van der Waals surface area contributed by atoms with Gasteiger partial charge in [-0.2, -0.15) is 0 Å². The summed E-state index contributed by atoms with van der Waals surface area (Å²) >= 11 is 4.58. The molecule has 2 aromatic rings. The van der Waals surface area contributed by atoms with Crippen molar-refractivity contribution in [2.45, 2.75) is 6.92 Å². The number of carbonyl (C=O) groups excluding carboxylic acids is 1. The predicted octanol–water partition coefficient (Wildman–Crippen LogP) is 4.03. The number of halogens is 2. The molecule has 1 amide bonds. The first-order valence-electron chi connectivity index (χ1n) is 5.74. The number of hydrogen-bond acceptors (Lipinski definition) is 1. The van der Waals surface area contributed by atoms with E-state index in [4.69, 9.17) is 0 Å². The Morgan fingerprint density at radius 3 is 2.63 bits per heavy atom. The molecular formula is C14H10I2N2O. The first kappa shape index (κ1) is 13.2. The molecule has 0 saturated carbocycles. The van der Waals surface area contributed by atoms with Crippen LogP contribution in [0, 0.1) is 14.2 Å². The number of H-pyrrole nitrogens is 1. The van der Waals surface area contributed by atoms with Crippen molar-refractivity contribution in [2.24, 2.45) is 0 Å². The van der Waals surface area contributed by atoms with E-state index >= 15 is 0 Å². The number of fused-ring (bicyclic) bond motifs is 1. The molecule has 0 unspecified atom stereocenters. The van der Waals surface area contributed by atoms with Crippen LogP contribution in [-0.4, -0.2) is 10.9 Å². The van der Waals surface area contributed by atoms with E-state index in [0.29, 0.717) is 5.57 Å². The number of amides is 1. The summed E-state index contributed by atoms with van der Waals surface area (Å²) in [6, 6.07) is 7.75. The van der Waals surface area contributed by atoms with E-state index in [0.717, 1.165) is 24.2 Å². The largest absolute Gasteiger partial charge is 0.349 e. The van der Waals surface area contributed by atoms with E-state index in [9.17, 15) is 4.79 Å². The third-order valence-electron chi connectivity index (χ3n) is 3.14. The molecule has 0 aliphatic carbocycles. The highest BCUT2D eigenvalue weighted by Crippen LogP contribution is 2.34. The molecule has 5 heteroatoms. The maximum atomic E-state index is 12.0. The summed E-state index contributed by atoms with van der Waals surface area (Å²) < 4.78 is 2.27. The van der Waals surface area contributed by atoms with Crippen molar-refractivity contribution in [1.29, 1.82) is 0 Å². The van der Waals surface area contributed by atoms with E-state index in [1.54, 1.807) is 0 Å². The number of carbonyl (C=O) groups is 1. The fourth-order valence-corrected chi connectivity index (χ4v) is 3.73. The number of aromatic amines is 1. The molecule has 0 spiro atoms. The second-order valence-electron chi connectivity index (χ2n) is 4.35. The molecule has 1 aromatic carbocycles. The van der Waals surface area contributed by atoms with Gasteiger partial charge < -0.3 is 10.3 Å². The Labute approximate surface area is 138 Å². The van der Waals surface area contributed by atoms with E-state index in [1.807, 2.05) is 30.3 Å². The van der Waals surface area contributed by atoms with Crippen LogP contribution in [0.3, 0.4) is 0 Å². The van der Waals surface area contributed by atoms with Gasteiger partial charge in [0.25, 0.3) is 5.91 Å². The molecule has 1 aliphatic heterocycles. The molecule has 96 valence electrons. The topological polar surface area (TPSA) is 44.9 Å². The highest BCUT2D eigenvalue weighted by molar-refractivity contribution is 14.1. The summed E-state index contributed by atoms with van der Waals surface area (Å²) in [5, 5.41) is 2.88. The number of aromatic nitrogens is 1. The van der Waals surface area contributed by atoms with Crippen molar-refractivity contribution in [2.75, 3.05) is 5.32 Å². The van der Waals surface area contributed by atoms with Gasteiger partial charge >= 0.3 is 0 Å². The third-order valence-corrected chi connectivity index (χ3v) is 5.61. The lowest BCUT2D eigenvalue weighted by Gasteiger charge is -1.97. The molecule has 2 heterocycles. The fraction of sp³-hybridized carbons (Fsp3) is 0.0714. The van der Waals surface area contributed by atoms with Gasteiger partial charge in [-0.15, -0.1) is 0 Å². The van der Waals surface area contributed by atoms with Crippen LogP contribution >= 0.6 is 45.2 Å². The van der Waals surface area contributed by atoms with E-state index in [1.165, 1.54) is 5.56 Å². The van der Waals surface area contributed by atoms with Gasteiger partial charge in [-0.25, -0.2) is 0 Å². The molecule has 0 atom stereocenters. The van der Waals surface area contributed by atoms with Crippen LogP contribution in [0.5, 0.6) is 0 Å². The van der Waals surface area contributed by atoms with Gasteiger partial charge in [0.05, 0.1) is 15.0 Å². The van der Waals surface area contributed by atoms with E-state index < -0.39 is 0 Å². The summed E-state index contributed by atoms with van der Waals surface area (Å²) in [6.45, 7) is 2.07. The van der Waals surface area contributed by atoms with Crippen molar-refractivity contribution in [3.63, 3.8) is 0 Å². The highest BCUT2D eigenvalue weighted by Gasteiger charge is 2.24. The van der Waals surface area contributed by atoms with Crippen molar-refractivity contribution in [3.05, 3.63) is 48.4 Å². The molecule has 19 heavy (non-hydrogen) atoms. The molecule has 1 aliphatic rings. The van der Waals surface area contributed by atoms with Gasteiger partial charge in [-0.1, -0.05) is 18.2 Å². The van der Waals surface area contributed by atoms with E-state index in [2.05, 4.69) is 62.4 Å². The second-order valence-corrected chi connectivity index (χ2v) is 6.51. The standard InChI is InChI=1S/C14H10I2N2O/c1-7-12(15)11(17-13(7)16)6-9-8-4-2-3-5-10(8)18-14(9)19/h2-6,17H,1H3,(H,18,19)/b9-6-. The zero-order valence-electron chi connectivity index (χ0n) is 10.1. The highest BCUT2D eigenvalue weighted by atomic mass is 127. The average Bonchev–Trinajstić information content (AvgIpc) is 2.83. The lowest BCUT2D eigenvalue weighted by molar-refractivity contribution is -0.110. The first-order chi connectivity index (χ1) is 9.08. The number of rotatable bonds is 1. The van der Waals surface area contributed by atoms with Gasteiger partial charge in [-0.3, -0.25) is 4.79 Å². The number of nitrogens with one attached hydrogen (secondary N) is 2. The van der Waals surface area contributed by atoms with Crippen LogP contribution in [0.4, 0.5) is 5.69 Å². The van der Waals surface area contributed by atoms with Crippen LogP contribution in [-0.2, 0) is 4.79 Å². The minimum absolute atomic E-state index is 0.0424. The lowest BCUT2D eigenvalue weighted by atomic mass is 10.1. The monoisotopic (exact) mass is 476 g/mol. The van der Waals surface area contributed by atoms with Gasteiger partial charge in [0.2, 0.25) is 0 Å². The third kappa shape index (κ3) is 2.22. The first-order valence-corrected chi connectivity index (χ1v) is 7.89.